The van der Waals surface area contributed by atoms with E-state index in [4.69, 9.17) is 22.7 Å². The highest BCUT2D eigenvalue weighted by atomic mass is 32.1. The summed E-state index contributed by atoms with van der Waals surface area (Å²) in [4.78, 5) is 2.25. The molecule has 0 aliphatic carbocycles. The van der Waals surface area contributed by atoms with Gasteiger partial charge in [0.1, 0.15) is 22.5 Å². The molecule has 1 aliphatic rings. The Morgan fingerprint density at radius 2 is 1.95 bits per heavy atom. The number of hydrogen-bond acceptors (Lipinski definition) is 5. The largest absolute Gasteiger partial charge is 0.384 e. The minimum absolute atomic E-state index is 0.297. The SMILES string of the molecule is N#CC(C(=S)Nc1ccccc1)=C(N)N1CCOCC1. The van der Waals surface area contributed by atoms with Gasteiger partial charge in [-0.1, -0.05) is 30.4 Å². The van der Waals surface area contributed by atoms with Crippen LogP contribution in [0.25, 0.3) is 0 Å². The number of hydrogen-bond donors (Lipinski definition) is 2. The number of nitrogens with zero attached hydrogens (tertiary/aromatic N) is 2. The van der Waals surface area contributed by atoms with Crippen molar-refractivity contribution in [3.05, 3.63) is 41.7 Å². The van der Waals surface area contributed by atoms with Gasteiger partial charge in [0.05, 0.1) is 13.2 Å². The van der Waals surface area contributed by atoms with Gasteiger partial charge in [0.2, 0.25) is 0 Å². The van der Waals surface area contributed by atoms with Gasteiger partial charge in [-0.2, -0.15) is 5.26 Å². The molecular formula is C14H16N4OS. The first-order valence-electron chi connectivity index (χ1n) is 6.31. The van der Waals surface area contributed by atoms with E-state index in [0.717, 1.165) is 5.69 Å². The van der Waals surface area contributed by atoms with Gasteiger partial charge in [-0.15, -0.1) is 0 Å². The summed E-state index contributed by atoms with van der Waals surface area (Å²) in [6.07, 6.45) is 0. The van der Waals surface area contributed by atoms with Gasteiger partial charge < -0.3 is 20.7 Å². The number of nitrogens with one attached hydrogen (secondary N) is 1. The number of para-hydroxylation sites is 1. The van der Waals surface area contributed by atoms with Crippen LogP contribution in [0.3, 0.4) is 0 Å². The zero-order valence-electron chi connectivity index (χ0n) is 11.0. The van der Waals surface area contributed by atoms with Crippen LogP contribution in [0.5, 0.6) is 0 Å². The maximum Gasteiger partial charge on any atom is 0.127 e. The van der Waals surface area contributed by atoms with E-state index in [1.54, 1.807) is 0 Å². The summed E-state index contributed by atoms with van der Waals surface area (Å²) in [5.74, 6) is 0.407. The molecule has 5 nitrogen and oxygen atoms in total. The third kappa shape index (κ3) is 3.47. The molecule has 0 spiro atoms. The number of anilines is 1. The summed E-state index contributed by atoms with van der Waals surface area (Å²) in [6, 6.07) is 11.6. The zero-order chi connectivity index (χ0) is 14.4. The molecule has 1 heterocycles. The number of nitriles is 1. The van der Waals surface area contributed by atoms with Crippen molar-refractivity contribution in [3.63, 3.8) is 0 Å². The van der Waals surface area contributed by atoms with Crippen LogP contribution in [-0.2, 0) is 4.74 Å². The normalized spacial score (nSPS) is 16.1. The second-order valence-corrected chi connectivity index (χ2v) is 4.70. The minimum atomic E-state index is 0.297. The van der Waals surface area contributed by atoms with Gasteiger partial charge in [-0.25, -0.2) is 0 Å². The fourth-order valence-corrected chi connectivity index (χ4v) is 2.17. The summed E-state index contributed by atoms with van der Waals surface area (Å²) in [5, 5.41) is 12.3. The zero-order valence-corrected chi connectivity index (χ0v) is 11.8. The number of nitrogens with two attached hydrogens (primary N) is 1. The lowest BCUT2D eigenvalue weighted by Crippen LogP contribution is -2.40. The average Bonchev–Trinajstić information content (AvgIpc) is 2.49. The first kappa shape index (κ1) is 14.3. The molecule has 0 saturated carbocycles. The van der Waals surface area contributed by atoms with Crippen LogP contribution in [0.2, 0.25) is 0 Å². The topological polar surface area (TPSA) is 74.3 Å². The van der Waals surface area contributed by atoms with E-state index in [0.29, 0.717) is 42.7 Å². The van der Waals surface area contributed by atoms with Crippen LogP contribution in [0.1, 0.15) is 0 Å². The van der Waals surface area contributed by atoms with Gasteiger partial charge in [0.25, 0.3) is 0 Å². The van der Waals surface area contributed by atoms with Gasteiger partial charge in [-0.3, -0.25) is 0 Å². The quantitative estimate of drug-likeness (QED) is 0.498. The van der Waals surface area contributed by atoms with Crippen molar-refractivity contribution < 1.29 is 4.74 Å². The fourth-order valence-electron chi connectivity index (χ4n) is 1.90. The predicted molar refractivity (Wildman–Crippen MR) is 81.9 cm³/mol. The third-order valence-electron chi connectivity index (χ3n) is 2.98. The number of rotatable bonds is 3. The van der Waals surface area contributed by atoms with E-state index in [-0.39, 0.29) is 0 Å². The summed E-state index contributed by atoms with van der Waals surface area (Å²) in [5.41, 5.74) is 7.19. The highest BCUT2D eigenvalue weighted by molar-refractivity contribution is 7.81. The highest BCUT2D eigenvalue weighted by Gasteiger charge is 2.17. The summed E-state index contributed by atoms with van der Waals surface area (Å²) in [6.45, 7) is 2.56. The molecule has 1 aliphatic heterocycles. The minimum Gasteiger partial charge on any atom is -0.384 e. The molecule has 2 rings (SSSR count). The molecule has 1 aromatic rings. The highest BCUT2D eigenvalue weighted by Crippen LogP contribution is 2.12. The lowest BCUT2D eigenvalue weighted by atomic mass is 10.2. The van der Waals surface area contributed by atoms with Crippen molar-refractivity contribution in [2.45, 2.75) is 0 Å². The smallest absolute Gasteiger partial charge is 0.127 e. The Bertz CT molecular complexity index is 544. The number of thiocarbonyl (C=S) groups is 1. The van der Waals surface area contributed by atoms with Crippen LogP contribution < -0.4 is 11.1 Å². The Morgan fingerprint density at radius 3 is 2.55 bits per heavy atom. The Balaban J connectivity index is 2.14. The number of benzene rings is 1. The van der Waals surface area contributed by atoms with Gasteiger partial charge in [-0.05, 0) is 12.1 Å². The molecule has 104 valence electrons. The average molecular weight is 288 g/mol. The van der Waals surface area contributed by atoms with E-state index < -0.39 is 0 Å². The molecule has 1 fully saturated rings. The second kappa shape index (κ2) is 6.89. The monoisotopic (exact) mass is 288 g/mol. The van der Waals surface area contributed by atoms with Gasteiger partial charge in [0.15, 0.2) is 0 Å². The van der Waals surface area contributed by atoms with E-state index in [1.807, 2.05) is 35.2 Å². The Labute approximate surface area is 123 Å². The molecule has 1 aromatic carbocycles. The van der Waals surface area contributed by atoms with Crippen LogP contribution in [0.4, 0.5) is 5.69 Å². The molecule has 6 heteroatoms. The van der Waals surface area contributed by atoms with E-state index in [2.05, 4.69) is 11.4 Å². The maximum atomic E-state index is 9.30. The Hall–Kier alpha value is -2.10. The molecule has 1 saturated heterocycles. The summed E-state index contributed by atoms with van der Waals surface area (Å²) in [7, 11) is 0. The van der Waals surface area contributed by atoms with Crippen molar-refractivity contribution >= 4 is 22.9 Å². The predicted octanol–water partition coefficient (Wildman–Crippen LogP) is 1.45. The number of ether oxygens (including phenoxy) is 1. The van der Waals surface area contributed by atoms with Crippen LogP contribution >= 0.6 is 12.2 Å². The maximum absolute atomic E-state index is 9.30. The van der Waals surface area contributed by atoms with Crippen molar-refractivity contribution in [1.29, 1.82) is 5.26 Å². The summed E-state index contributed by atoms with van der Waals surface area (Å²) >= 11 is 5.27. The molecule has 20 heavy (non-hydrogen) atoms. The molecule has 0 radical (unpaired) electrons. The molecule has 0 aromatic heterocycles. The van der Waals surface area contributed by atoms with Crippen molar-refractivity contribution in [1.82, 2.24) is 4.90 Å². The molecule has 0 atom stereocenters. The van der Waals surface area contributed by atoms with Crippen molar-refractivity contribution in [2.24, 2.45) is 5.73 Å². The first-order valence-corrected chi connectivity index (χ1v) is 6.72. The second-order valence-electron chi connectivity index (χ2n) is 4.29. The van der Waals surface area contributed by atoms with Gasteiger partial charge in [0, 0.05) is 18.8 Å². The van der Waals surface area contributed by atoms with Crippen LogP contribution in [0.15, 0.2) is 41.7 Å². The lowest BCUT2D eigenvalue weighted by Gasteiger charge is -2.29. The first-order chi connectivity index (χ1) is 9.72. The van der Waals surface area contributed by atoms with Crippen molar-refractivity contribution in [3.8, 4) is 6.07 Å². The molecule has 3 N–H and O–H groups in total. The van der Waals surface area contributed by atoms with Crippen LogP contribution in [-0.4, -0.2) is 36.2 Å². The molecule has 0 bridgehead atoms. The van der Waals surface area contributed by atoms with E-state index in [9.17, 15) is 5.26 Å². The standard InChI is InChI=1S/C14H16N4OS/c15-10-12(13(16)18-6-8-19-9-7-18)14(20)17-11-4-2-1-3-5-11/h1-5H,6-9,16H2,(H,17,20). The summed E-state index contributed by atoms with van der Waals surface area (Å²) < 4.78 is 5.27. The van der Waals surface area contributed by atoms with E-state index in [1.165, 1.54) is 0 Å². The fraction of sp³-hybridized carbons (Fsp3) is 0.286. The Morgan fingerprint density at radius 1 is 1.30 bits per heavy atom. The molecule has 0 unspecified atom stereocenters. The van der Waals surface area contributed by atoms with Crippen molar-refractivity contribution in [2.75, 3.05) is 31.6 Å². The van der Waals surface area contributed by atoms with E-state index >= 15 is 0 Å². The molecular weight excluding hydrogens is 272 g/mol. The Kier molecular flexibility index (Phi) is 4.93. The number of morpholine rings is 1. The lowest BCUT2D eigenvalue weighted by molar-refractivity contribution is 0.0528. The van der Waals surface area contributed by atoms with Gasteiger partial charge >= 0.3 is 0 Å². The molecule has 0 amide bonds. The third-order valence-corrected chi connectivity index (χ3v) is 3.28. The van der Waals surface area contributed by atoms with Crippen LogP contribution in [0, 0.1) is 11.3 Å².